The first-order valence-corrected chi connectivity index (χ1v) is 8.30. The molecule has 0 aliphatic carbocycles. The number of hydrogen-bond acceptors (Lipinski definition) is 2. The summed E-state index contributed by atoms with van der Waals surface area (Å²) in [5.41, 5.74) is 0. The highest BCUT2D eigenvalue weighted by Gasteiger charge is 1.99. The fourth-order valence-electron chi connectivity index (χ4n) is 1.65. The molecule has 0 aliphatic rings. The van der Waals surface area contributed by atoms with E-state index >= 15 is 0 Å². The van der Waals surface area contributed by atoms with E-state index in [9.17, 15) is 4.79 Å². The lowest BCUT2D eigenvalue weighted by atomic mass is 10.1. The topological polar surface area (TPSA) is 26.3 Å². The molecule has 0 saturated heterocycles. The molecule has 3 heteroatoms. The minimum atomic E-state index is -0.0985. The van der Waals surface area contributed by atoms with Crippen LogP contribution in [0.15, 0.2) is 12.2 Å². The molecule has 0 radical (unpaired) electrons. The molecule has 0 aromatic heterocycles. The summed E-state index contributed by atoms with van der Waals surface area (Å²) in [5, 5.41) is 0.857. The van der Waals surface area contributed by atoms with E-state index in [0.717, 1.165) is 18.2 Å². The third-order valence-corrected chi connectivity index (χ3v) is 3.31. The molecule has 0 aliphatic heterocycles. The summed E-state index contributed by atoms with van der Waals surface area (Å²) in [5.74, 6) is -0.0985. The molecule has 2 nitrogen and oxygen atoms in total. The van der Waals surface area contributed by atoms with Crippen LogP contribution in [0.25, 0.3) is 0 Å². The first-order chi connectivity index (χ1) is 8.81. The van der Waals surface area contributed by atoms with Gasteiger partial charge in [-0.05, 0) is 19.3 Å². The van der Waals surface area contributed by atoms with Crippen LogP contribution in [0, 0.1) is 0 Å². The highest BCUT2D eigenvalue weighted by Crippen LogP contribution is 2.07. The molecule has 0 atom stereocenters. The van der Waals surface area contributed by atoms with Gasteiger partial charge in [0.2, 0.25) is 0 Å². The van der Waals surface area contributed by atoms with Crippen molar-refractivity contribution in [2.45, 2.75) is 64.7 Å². The highest BCUT2D eigenvalue weighted by atomic mass is 79.9. The summed E-state index contributed by atoms with van der Waals surface area (Å²) >= 11 is 3.29. The van der Waals surface area contributed by atoms with Crippen molar-refractivity contribution < 1.29 is 9.53 Å². The second-order valence-corrected chi connectivity index (χ2v) is 5.30. The maximum atomic E-state index is 11.2. The van der Waals surface area contributed by atoms with Crippen LogP contribution in [0.4, 0.5) is 0 Å². The maximum absolute atomic E-state index is 11.2. The zero-order valence-electron chi connectivity index (χ0n) is 11.6. The zero-order chi connectivity index (χ0) is 13.5. The molecular weight excluding hydrogens is 292 g/mol. The van der Waals surface area contributed by atoms with Crippen LogP contribution in [-0.2, 0) is 9.53 Å². The van der Waals surface area contributed by atoms with Gasteiger partial charge in [-0.2, -0.15) is 0 Å². The Hall–Kier alpha value is -0.310. The van der Waals surface area contributed by atoms with Crippen LogP contribution in [0.5, 0.6) is 0 Å². The van der Waals surface area contributed by atoms with E-state index in [1.807, 2.05) is 6.08 Å². The van der Waals surface area contributed by atoms with E-state index in [0.29, 0.717) is 13.0 Å². The van der Waals surface area contributed by atoms with Gasteiger partial charge in [0.05, 0.1) is 0 Å². The molecule has 0 heterocycles. The van der Waals surface area contributed by atoms with Gasteiger partial charge in [0.15, 0.2) is 0 Å². The standard InChI is InChI=1S/C15H27BrO2/c1-2-3-4-5-6-7-8-9-10-14-18-15(17)12-11-13-16/h9-10H,2-8,11-14H2,1H3/b10-9+. The van der Waals surface area contributed by atoms with Gasteiger partial charge in [-0.3, -0.25) is 4.79 Å². The average Bonchev–Trinajstić information content (AvgIpc) is 2.38. The van der Waals surface area contributed by atoms with Crippen LogP contribution in [-0.4, -0.2) is 17.9 Å². The van der Waals surface area contributed by atoms with Gasteiger partial charge in [0, 0.05) is 11.8 Å². The number of carbonyl (C=O) groups is 1. The highest BCUT2D eigenvalue weighted by molar-refractivity contribution is 9.09. The van der Waals surface area contributed by atoms with Gasteiger partial charge in [0.25, 0.3) is 0 Å². The molecule has 0 bridgehead atoms. The van der Waals surface area contributed by atoms with E-state index in [1.54, 1.807) is 0 Å². The molecule has 18 heavy (non-hydrogen) atoms. The zero-order valence-corrected chi connectivity index (χ0v) is 13.2. The Morgan fingerprint density at radius 1 is 1.06 bits per heavy atom. The van der Waals surface area contributed by atoms with Crippen molar-refractivity contribution in [3.05, 3.63) is 12.2 Å². The second kappa shape index (κ2) is 14.7. The van der Waals surface area contributed by atoms with Crippen molar-refractivity contribution in [3.8, 4) is 0 Å². The number of ether oxygens (including phenoxy) is 1. The smallest absolute Gasteiger partial charge is 0.306 e. The van der Waals surface area contributed by atoms with Gasteiger partial charge < -0.3 is 4.74 Å². The summed E-state index contributed by atoms with van der Waals surface area (Å²) in [6, 6.07) is 0. The van der Waals surface area contributed by atoms with Crippen LogP contribution in [0.1, 0.15) is 64.7 Å². The number of unbranched alkanes of at least 4 members (excludes halogenated alkanes) is 6. The number of rotatable bonds is 12. The minimum Gasteiger partial charge on any atom is -0.461 e. The molecule has 0 N–H and O–H groups in total. The predicted molar refractivity (Wildman–Crippen MR) is 81.1 cm³/mol. The number of allylic oxidation sites excluding steroid dienone is 1. The summed E-state index contributed by atoms with van der Waals surface area (Å²) in [6.07, 6.45) is 14.5. The molecule has 0 rings (SSSR count). The summed E-state index contributed by atoms with van der Waals surface area (Å²) < 4.78 is 5.06. The molecule has 0 amide bonds. The van der Waals surface area contributed by atoms with Crippen molar-refractivity contribution in [3.63, 3.8) is 0 Å². The lowest BCUT2D eigenvalue weighted by molar-refractivity contribution is -0.142. The van der Waals surface area contributed by atoms with Crippen molar-refractivity contribution >= 4 is 21.9 Å². The largest absolute Gasteiger partial charge is 0.461 e. The molecule has 0 spiro atoms. The van der Waals surface area contributed by atoms with Gasteiger partial charge in [-0.1, -0.05) is 67.1 Å². The molecule has 0 fully saturated rings. The van der Waals surface area contributed by atoms with E-state index in [-0.39, 0.29) is 5.97 Å². The van der Waals surface area contributed by atoms with Gasteiger partial charge in [0.1, 0.15) is 6.61 Å². The SMILES string of the molecule is CCCCCCCC/C=C/COC(=O)CCCBr. The fourth-order valence-corrected chi connectivity index (χ4v) is 1.93. The summed E-state index contributed by atoms with van der Waals surface area (Å²) in [7, 11) is 0. The Kier molecular flexibility index (Phi) is 14.5. The Balaban J connectivity index is 3.20. The Labute approximate surface area is 120 Å². The molecule has 0 saturated carbocycles. The fraction of sp³-hybridized carbons (Fsp3) is 0.800. The van der Waals surface area contributed by atoms with Gasteiger partial charge in [-0.15, -0.1) is 0 Å². The van der Waals surface area contributed by atoms with E-state index < -0.39 is 0 Å². The quantitative estimate of drug-likeness (QED) is 0.219. The Morgan fingerprint density at radius 2 is 1.78 bits per heavy atom. The van der Waals surface area contributed by atoms with Crippen molar-refractivity contribution in [1.82, 2.24) is 0 Å². The summed E-state index contributed by atoms with van der Waals surface area (Å²) in [6.45, 7) is 2.67. The van der Waals surface area contributed by atoms with E-state index in [1.165, 1.54) is 38.5 Å². The van der Waals surface area contributed by atoms with Crippen LogP contribution >= 0.6 is 15.9 Å². The number of hydrogen-bond donors (Lipinski definition) is 0. The Bertz CT molecular complexity index is 215. The molecular formula is C15H27BrO2. The van der Waals surface area contributed by atoms with Crippen molar-refractivity contribution in [2.75, 3.05) is 11.9 Å². The average molecular weight is 319 g/mol. The van der Waals surface area contributed by atoms with E-state index in [2.05, 4.69) is 28.9 Å². The molecule has 0 aromatic carbocycles. The normalized spacial score (nSPS) is 11.0. The molecule has 0 aromatic rings. The number of halogens is 1. The Morgan fingerprint density at radius 3 is 2.50 bits per heavy atom. The number of alkyl halides is 1. The van der Waals surface area contributed by atoms with Crippen molar-refractivity contribution in [1.29, 1.82) is 0 Å². The van der Waals surface area contributed by atoms with Crippen LogP contribution in [0.2, 0.25) is 0 Å². The minimum absolute atomic E-state index is 0.0985. The molecule has 106 valence electrons. The molecule has 0 unspecified atom stereocenters. The monoisotopic (exact) mass is 318 g/mol. The van der Waals surface area contributed by atoms with Crippen LogP contribution in [0.3, 0.4) is 0 Å². The predicted octanol–water partition coefficient (Wildman–Crippen LogP) is 5.01. The number of esters is 1. The van der Waals surface area contributed by atoms with Crippen LogP contribution < -0.4 is 0 Å². The first kappa shape index (κ1) is 17.7. The first-order valence-electron chi connectivity index (χ1n) is 7.17. The van der Waals surface area contributed by atoms with Gasteiger partial charge in [-0.25, -0.2) is 0 Å². The second-order valence-electron chi connectivity index (χ2n) is 4.50. The third kappa shape index (κ3) is 13.8. The lowest BCUT2D eigenvalue weighted by Crippen LogP contribution is -2.04. The third-order valence-electron chi connectivity index (χ3n) is 2.75. The van der Waals surface area contributed by atoms with Gasteiger partial charge >= 0.3 is 5.97 Å². The summed E-state index contributed by atoms with van der Waals surface area (Å²) in [4.78, 5) is 11.2. The lowest BCUT2D eigenvalue weighted by Gasteiger charge is -2.00. The van der Waals surface area contributed by atoms with Crippen molar-refractivity contribution in [2.24, 2.45) is 0 Å². The maximum Gasteiger partial charge on any atom is 0.306 e. The number of carbonyl (C=O) groups excluding carboxylic acids is 1. The van der Waals surface area contributed by atoms with E-state index in [4.69, 9.17) is 4.74 Å².